The first kappa shape index (κ1) is 17.8. The van der Waals surface area contributed by atoms with Crippen molar-refractivity contribution in [1.82, 2.24) is 14.7 Å². The molecule has 3 rings (SSSR count). The minimum atomic E-state index is -0.534. The number of benzene rings is 1. The number of nitriles is 1. The molecule has 134 valence electrons. The zero-order chi connectivity index (χ0) is 17.8. The number of amides is 1. The molecular weight excluding hydrogens is 319 g/mol. The van der Waals surface area contributed by atoms with E-state index in [0.717, 1.165) is 51.6 Å². The first-order chi connectivity index (χ1) is 12.0. The largest absolute Gasteiger partial charge is 0.338 e. The maximum Gasteiger partial charge on any atom is 0.254 e. The number of rotatable bonds is 3. The molecule has 1 unspecified atom stereocenters. The van der Waals surface area contributed by atoms with Gasteiger partial charge in [0.25, 0.3) is 5.91 Å². The molecule has 1 aromatic rings. The van der Waals surface area contributed by atoms with Gasteiger partial charge in [-0.05, 0) is 44.0 Å². The Labute approximate surface area is 148 Å². The van der Waals surface area contributed by atoms with Crippen LogP contribution in [0.15, 0.2) is 18.2 Å². The number of piperidine rings is 1. The predicted molar refractivity (Wildman–Crippen MR) is 93.7 cm³/mol. The molecule has 0 bridgehead atoms. The van der Waals surface area contributed by atoms with E-state index in [1.165, 1.54) is 12.1 Å². The van der Waals surface area contributed by atoms with E-state index in [4.69, 9.17) is 5.26 Å². The lowest BCUT2D eigenvalue weighted by atomic mass is 9.96. The highest BCUT2D eigenvalue weighted by molar-refractivity contribution is 5.94. The van der Waals surface area contributed by atoms with Crippen molar-refractivity contribution in [1.29, 1.82) is 5.26 Å². The van der Waals surface area contributed by atoms with Crippen LogP contribution in [0.25, 0.3) is 0 Å². The van der Waals surface area contributed by atoms with Gasteiger partial charge in [-0.2, -0.15) is 5.26 Å². The van der Waals surface area contributed by atoms with Crippen LogP contribution in [-0.4, -0.2) is 73.5 Å². The fourth-order valence-electron chi connectivity index (χ4n) is 3.75. The second kappa shape index (κ2) is 7.94. The highest BCUT2D eigenvalue weighted by Crippen LogP contribution is 2.21. The second-order valence-corrected chi connectivity index (χ2v) is 7.20. The number of carbonyl (C=O) groups excluding carboxylic acids is 1. The highest BCUT2D eigenvalue weighted by atomic mass is 19.1. The lowest BCUT2D eigenvalue weighted by Gasteiger charge is -2.38. The molecule has 0 aromatic heterocycles. The normalized spacial score (nSPS) is 22.6. The summed E-state index contributed by atoms with van der Waals surface area (Å²) >= 11 is 0. The van der Waals surface area contributed by atoms with E-state index < -0.39 is 5.82 Å². The van der Waals surface area contributed by atoms with Crippen LogP contribution in [0.4, 0.5) is 4.39 Å². The van der Waals surface area contributed by atoms with Crippen LogP contribution in [0.2, 0.25) is 0 Å². The number of nitrogens with zero attached hydrogens (tertiary/aromatic N) is 4. The molecule has 2 aliphatic heterocycles. The molecule has 2 saturated heterocycles. The van der Waals surface area contributed by atoms with Gasteiger partial charge in [-0.15, -0.1) is 0 Å². The molecule has 2 heterocycles. The van der Waals surface area contributed by atoms with Crippen LogP contribution in [0.1, 0.15) is 28.8 Å². The van der Waals surface area contributed by atoms with Gasteiger partial charge in [-0.1, -0.05) is 0 Å². The molecule has 1 aromatic carbocycles. The van der Waals surface area contributed by atoms with Crippen molar-refractivity contribution in [2.45, 2.75) is 12.8 Å². The molecule has 0 N–H and O–H groups in total. The van der Waals surface area contributed by atoms with Crippen molar-refractivity contribution in [3.05, 3.63) is 35.1 Å². The van der Waals surface area contributed by atoms with Crippen molar-refractivity contribution in [3.63, 3.8) is 0 Å². The van der Waals surface area contributed by atoms with Gasteiger partial charge in [0.2, 0.25) is 0 Å². The van der Waals surface area contributed by atoms with Crippen LogP contribution < -0.4 is 0 Å². The zero-order valence-electron chi connectivity index (χ0n) is 14.7. The minimum absolute atomic E-state index is 0.168. The second-order valence-electron chi connectivity index (χ2n) is 7.20. The van der Waals surface area contributed by atoms with E-state index in [0.29, 0.717) is 19.0 Å². The van der Waals surface area contributed by atoms with Crippen LogP contribution in [0.3, 0.4) is 0 Å². The summed E-state index contributed by atoms with van der Waals surface area (Å²) < 4.78 is 13.6. The summed E-state index contributed by atoms with van der Waals surface area (Å²) in [7, 11) is 2.15. The molecule has 25 heavy (non-hydrogen) atoms. The molecule has 1 atom stereocenters. The van der Waals surface area contributed by atoms with Gasteiger partial charge in [0.05, 0.1) is 11.6 Å². The quantitative estimate of drug-likeness (QED) is 0.839. The summed E-state index contributed by atoms with van der Waals surface area (Å²) in [4.78, 5) is 19.4. The molecular formula is C19H25FN4O. The summed E-state index contributed by atoms with van der Waals surface area (Å²) in [6.45, 7) is 6.78. The van der Waals surface area contributed by atoms with Crippen LogP contribution in [-0.2, 0) is 0 Å². The molecule has 1 amide bonds. The Balaban J connectivity index is 1.62. The molecule has 2 fully saturated rings. The third kappa shape index (κ3) is 4.56. The summed E-state index contributed by atoms with van der Waals surface area (Å²) in [6.07, 6.45) is 2.10. The molecule has 2 aliphatic rings. The van der Waals surface area contributed by atoms with Crippen LogP contribution in [0, 0.1) is 23.1 Å². The third-order valence-electron chi connectivity index (χ3n) is 5.19. The van der Waals surface area contributed by atoms with Crippen LogP contribution >= 0.6 is 0 Å². The van der Waals surface area contributed by atoms with E-state index in [9.17, 15) is 9.18 Å². The van der Waals surface area contributed by atoms with E-state index in [2.05, 4.69) is 16.8 Å². The van der Waals surface area contributed by atoms with Gasteiger partial charge in [0.1, 0.15) is 5.82 Å². The Kier molecular flexibility index (Phi) is 5.67. The molecule has 0 spiro atoms. The summed E-state index contributed by atoms with van der Waals surface area (Å²) in [6, 6.07) is 5.78. The van der Waals surface area contributed by atoms with E-state index in [-0.39, 0.29) is 17.0 Å². The number of hydrogen-bond acceptors (Lipinski definition) is 4. The van der Waals surface area contributed by atoms with E-state index in [1.807, 2.05) is 11.0 Å². The standard InChI is InChI=1S/C19H25FN4O/c1-22-5-7-23(8-6-22)13-15-3-2-4-24(14-15)19(25)17-9-16(12-21)10-18(20)11-17/h9-11,15H,2-8,13-14H2,1H3. The number of halogens is 1. The summed E-state index contributed by atoms with van der Waals surface area (Å²) in [5.74, 6) is -0.238. The zero-order valence-corrected chi connectivity index (χ0v) is 14.7. The SMILES string of the molecule is CN1CCN(CC2CCCN(C(=O)c3cc(F)cc(C#N)c3)C2)CC1. The van der Waals surface area contributed by atoms with Crippen LogP contribution in [0.5, 0.6) is 0 Å². The monoisotopic (exact) mass is 344 g/mol. The average Bonchev–Trinajstić information content (AvgIpc) is 2.62. The first-order valence-corrected chi connectivity index (χ1v) is 8.96. The summed E-state index contributed by atoms with van der Waals surface area (Å²) in [5, 5.41) is 8.97. The maximum absolute atomic E-state index is 13.6. The van der Waals surface area contributed by atoms with E-state index in [1.54, 1.807) is 0 Å². The maximum atomic E-state index is 13.6. The Bertz CT molecular complexity index is 664. The number of likely N-dealkylation sites (tertiary alicyclic amines) is 1. The van der Waals surface area contributed by atoms with Crippen molar-refractivity contribution in [2.75, 3.05) is 52.9 Å². The smallest absolute Gasteiger partial charge is 0.254 e. The lowest BCUT2D eigenvalue weighted by molar-refractivity contribution is 0.0609. The fourth-order valence-corrected chi connectivity index (χ4v) is 3.75. The van der Waals surface area contributed by atoms with Gasteiger partial charge in [0, 0.05) is 51.4 Å². The minimum Gasteiger partial charge on any atom is -0.338 e. The van der Waals surface area contributed by atoms with Gasteiger partial charge < -0.3 is 14.7 Å². The van der Waals surface area contributed by atoms with Gasteiger partial charge in [0.15, 0.2) is 0 Å². The number of piperazine rings is 1. The van der Waals surface area contributed by atoms with Gasteiger partial charge in [-0.25, -0.2) is 4.39 Å². The van der Waals surface area contributed by atoms with Crippen molar-refractivity contribution < 1.29 is 9.18 Å². The highest BCUT2D eigenvalue weighted by Gasteiger charge is 2.27. The average molecular weight is 344 g/mol. The molecule has 6 heteroatoms. The van der Waals surface area contributed by atoms with Crippen molar-refractivity contribution in [3.8, 4) is 6.07 Å². The lowest BCUT2D eigenvalue weighted by Crippen LogP contribution is -2.49. The summed E-state index contributed by atoms with van der Waals surface area (Å²) in [5.41, 5.74) is 0.464. The number of likely N-dealkylation sites (N-methyl/N-ethyl adjacent to an activating group) is 1. The molecule has 0 saturated carbocycles. The molecule has 0 aliphatic carbocycles. The third-order valence-corrected chi connectivity index (χ3v) is 5.19. The van der Waals surface area contributed by atoms with Gasteiger partial charge >= 0.3 is 0 Å². The molecule has 0 radical (unpaired) electrons. The van der Waals surface area contributed by atoms with Crippen molar-refractivity contribution >= 4 is 5.91 Å². The topological polar surface area (TPSA) is 50.6 Å². The molecule has 5 nitrogen and oxygen atoms in total. The Morgan fingerprint density at radius 2 is 2.00 bits per heavy atom. The Morgan fingerprint density at radius 1 is 1.24 bits per heavy atom. The Hall–Kier alpha value is -1.97. The fraction of sp³-hybridized carbons (Fsp3) is 0.579. The van der Waals surface area contributed by atoms with E-state index >= 15 is 0 Å². The number of hydrogen-bond donors (Lipinski definition) is 0. The Morgan fingerprint density at radius 3 is 2.72 bits per heavy atom. The predicted octanol–water partition coefficient (Wildman–Crippen LogP) is 1.80. The van der Waals surface area contributed by atoms with Gasteiger partial charge in [-0.3, -0.25) is 4.79 Å². The van der Waals surface area contributed by atoms with Crippen molar-refractivity contribution in [2.24, 2.45) is 5.92 Å². The first-order valence-electron chi connectivity index (χ1n) is 8.96. The number of carbonyl (C=O) groups is 1.